The second-order valence-electron chi connectivity index (χ2n) is 7.70. The van der Waals surface area contributed by atoms with Crippen LogP contribution in [0.1, 0.15) is 31.4 Å². The average molecular weight is 603 g/mol. The molecule has 0 radical (unpaired) electrons. The Kier molecular flexibility index (Phi) is 8.64. The molecule has 1 fully saturated rings. The van der Waals surface area contributed by atoms with Crippen LogP contribution in [0.4, 0.5) is 23.7 Å². The molecule has 1 aliphatic rings. The molecule has 0 spiro atoms. The summed E-state index contributed by atoms with van der Waals surface area (Å²) in [4.78, 5) is 48.3. The lowest BCUT2D eigenvalue weighted by atomic mass is 10.1. The van der Waals surface area contributed by atoms with Crippen molar-refractivity contribution in [1.29, 1.82) is 0 Å². The SMILES string of the molecule is CC[C@@H](C)OC(=O)CN1C(=O)S/C(=C/c2cc(Br)ccc2Oc2ccc(C(F)(F)F)cc2[N+](=O)[O-])C1=O. The van der Waals surface area contributed by atoms with Crippen molar-refractivity contribution in [3.05, 3.63) is 67.0 Å². The molecule has 0 aromatic heterocycles. The fraction of sp³-hybridized carbons (Fsp3) is 0.261. The molecule has 1 aliphatic heterocycles. The molecule has 196 valence electrons. The van der Waals surface area contributed by atoms with Crippen LogP contribution in [0.3, 0.4) is 0 Å². The maximum absolute atomic E-state index is 13.0. The number of nitro groups is 1. The molecule has 2 aromatic carbocycles. The van der Waals surface area contributed by atoms with Crippen LogP contribution in [0.15, 0.2) is 45.8 Å². The van der Waals surface area contributed by atoms with E-state index in [0.29, 0.717) is 34.8 Å². The summed E-state index contributed by atoms with van der Waals surface area (Å²) < 4.78 is 50.2. The average Bonchev–Trinajstić information content (AvgIpc) is 3.07. The largest absolute Gasteiger partial charge is 0.461 e. The third kappa shape index (κ3) is 6.89. The van der Waals surface area contributed by atoms with Gasteiger partial charge in [0.25, 0.3) is 11.1 Å². The zero-order valence-corrected chi connectivity index (χ0v) is 21.6. The summed E-state index contributed by atoms with van der Waals surface area (Å²) in [6.45, 7) is 2.89. The molecular formula is C23H18BrF3N2O7S. The van der Waals surface area contributed by atoms with Gasteiger partial charge < -0.3 is 9.47 Å². The number of carbonyl (C=O) groups excluding carboxylic acids is 3. The lowest BCUT2D eigenvalue weighted by molar-refractivity contribution is -0.385. The summed E-state index contributed by atoms with van der Waals surface area (Å²) >= 11 is 3.82. The number of amides is 2. The number of halogens is 4. The number of rotatable bonds is 8. The topological polar surface area (TPSA) is 116 Å². The number of benzene rings is 2. The Morgan fingerprint density at radius 2 is 1.89 bits per heavy atom. The van der Waals surface area contributed by atoms with Gasteiger partial charge in [-0.3, -0.25) is 29.4 Å². The van der Waals surface area contributed by atoms with Gasteiger partial charge in [-0.1, -0.05) is 22.9 Å². The van der Waals surface area contributed by atoms with E-state index < -0.39 is 57.9 Å². The highest BCUT2D eigenvalue weighted by Crippen LogP contribution is 2.40. The lowest BCUT2D eigenvalue weighted by Gasteiger charge is -2.15. The van der Waals surface area contributed by atoms with Gasteiger partial charge in [-0.05, 0) is 61.5 Å². The van der Waals surface area contributed by atoms with Crippen molar-refractivity contribution >= 4 is 56.6 Å². The molecule has 1 atom stereocenters. The van der Waals surface area contributed by atoms with Crippen LogP contribution in [0, 0.1) is 10.1 Å². The first-order chi connectivity index (χ1) is 17.3. The number of thioether (sulfide) groups is 1. The van der Waals surface area contributed by atoms with Crippen LogP contribution < -0.4 is 4.74 Å². The molecule has 3 rings (SSSR count). The molecule has 37 heavy (non-hydrogen) atoms. The minimum Gasteiger partial charge on any atom is -0.461 e. The van der Waals surface area contributed by atoms with E-state index in [2.05, 4.69) is 15.9 Å². The molecule has 0 saturated carbocycles. The predicted octanol–water partition coefficient (Wildman–Crippen LogP) is 6.55. The Morgan fingerprint density at radius 1 is 1.22 bits per heavy atom. The van der Waals surface area contributed by atoms with Crippen LogP contribution >= 0.6 is 27.7 Å². The van der Waals surface area contributed by atoms with Crippen molar-refractivity contribution in [2.45, 2.75) is 32.5 Å². The van der Waals surface area contributed by atoms with Crippen molar-refractivity contribution in [3.63, 3.8) is 0 Å². The van der Waals surface area contributed by atoms with E-state index in [1.807, 2.05) is 0 Å². The fourth-order valence-corrected chi connectivity index (χ4v) is 4.23. The van der Waals surface area contributed by atoms with Crippen molar-refractivity contribution < 1.29 is 42.0 Å². The Labute approximate surface area is 220 Å². The molecular weight excluding hydrogens is 585 g/mol. The van der Waals surface area contributed by atoms with E-state index in [0.717, 1.165) is 11.0 Å². The van der Waals surface area contributed by atoms with Gasteiger partial charge in [-0.25, -0.2) is 0 Å². The molecule has 1 heterocycles. The van der Waals surface area contributed by atoms with E-state index in [4.69, 9.17) is 9.47 Å². The van der Waals surface area contributed by atoms with E-state index in [9.17, 15) is 37.7 Å². The normalized spacial score (nSPS) is 15.7. The van der Waals surface area contributed by atoms with Crippen LogP contribution in [-0.4, -0.2) is 39.6 Å². The van der Waals surface area contributed by atoms with E-state index in [-0.39, 0.29) is 16.2 Å². The van der Waals surface area contributed by atoms with Gasteiger partial charge in [0.05, 0.1) is 21.5 Å². The zero-order chi connectivity index (χ0) is 27.5. The molecule has 0 aliphatic carbocycles. The van der Waals surface area contributed by atoms with Gasteiger partial charge in [0.2, 0.25) is 5.75 Å². The number of nitrogens with zero attached hydrogens (tertiary/aromatic N) is 2. The zero-order valence-electron chi connectivity index (χ0n) is 19.2. The number of esters is 1. The van der Waals surface area contributed by atoms with Gasteiger partial charge in [0.1, 0.15) is 12.3 Å². The third-order valence-corrected chi connectivity index (χ3v) is 6.43. The maximum Gasteiger partial charge on any atom is 0.416 e. The molecule has 2 amide bonds. The number of imide groups is 1. The van der Waals surface area contributed by atoms with E-state index in [1.54, 1.807) is 13.8 Å². The summed E-state index contributed by atoms with van der Waals surface area (Å²) in [5.41, 5.74) is -1.94. The number of carbonyl (C=O) groups is 3. The molecule has 0 bridgehead atoms. The third-order valence-electron chi connectivity index (χ3n) is 5.03. The fourth-order valence-electron chi connectivity index (χ4n) is 3.02. The number of alkyl halides is 3. The number of hydrogen-bond donors (Lipinski definition) is 0. The Hall–Kier alpha value is -3.39. The van der Waals surface area contributed by atoms with Crippen LogP contribution in [0.25, 0.3) is 6.08 Å². The van der Waals surface area contributed by atoms with Crippen molar-refractivity contribution in [3.8, 4) is 11.5 Å². The summed E-state index contributed by atoms with van der Waals surface area (Å²) in [7, 11) is 0. The standard InChI is InChI=1S/C23H18BrF3N2O7S/c1-3-12(2)35-20(30)11-28-21(31)19(37-22(28)32)9-13-8-15(24)5-7-17(13)36-18-6-4-14(23(25,26)27)10-16(18)29(33)34/h4-10,12H,3,11H2,1-2H3/b19-9+/t12-/m1/s1. The van der Waals surface area contributed by atoms with Gasteiger partial charge in [0, 0.05) is 16.1 Å². The Morgan fingerprint density at radius 3 is 2.51 bits per heavy atom. The monoisotopic (exact) mass is 602 g/mol. The second kappa shape index (κ2) is 11.3. The van der Waals surface area contributed by atoms with Crippen molar-refractivity contribution in [2.75, 3.05) is 6.54 Å². The smallest absolute Gasteiger partial charge is 0.416 e. The first-order valence-electron chi connectivity index (χ1n) is 10.6. The molecule has 0 N–H and O–H groups in total. The van der Waals surface area contributed by atoms with Crippen LogP contribution in [-0.2, 0) is 20.5 Å². The highest BCUT2D eigenvalue weighted by molar-refractivity contribution is 9.10. The molecule has 0 unspecified atom stereocenters. The maximum atomic E-state index is 13.0. The Balaban J connectivity index is 1.92. The minimum atomic E-state index is -4.80. The van der Waals surface area contributed by atoms with E-state index in [1.165, 1.54) is 24.3 Å². The summed E-state index contributed by atoms with van der Waals surface area (Å²) in [6, 6.07) is 6.20. The minimum absolute atomic E-state index is 0.0333. The van der Waals surface area contributed by atoms with Gasteiger partial charge >= 0.3 is 17.8 Å². The number of hydrogen-bond acceptors (Lipinski definition) is 8. The predicted molar refractivity (Wildman–Crippen MR) is 131 cm³/mol. The van der Waals surface area contributed by atoms with Crippen molar-refractivity contribution in [1.82, 2.24) is 4.90 Å². The van der Waals surface area contributed by atoms with Crippen molar-refractivity contribution in [2.24, 2.45) is 0 Å². The highest BCUT2D eigenvalue weighted by Gasteiger charge is 2.37. The van der Waals surface area contributed by atoms with Gasteiger partial charge in [-0.2, -0.15) is 13.2 Å². The lowest BCUT2D eigenvalue weighted by Crippen LogP contribution is -2.35. The summed E-state index contributed by atoms with van der Waals surface area (Å²) in [5, 5.41) is 10.7. The summed E-state index contributed by atoms with van der Waals surface area (Å²) in [5.74, 6) is -2.01. The van der Waals surface area contributed by atoms with E-state index >= 15 is 0 Å². The Bertz CT molecular complexity index is 1300. The molecule has 1 saturated heterocycles. The molecule has 9 nitrogen and oxygen atoms in total. The quantitative estimate of drug-likeness (QED) is 0.145. The number of ether oxygens (including phenoxy) is 2. The molecule has 14 heteroatoms. The highest BCUT2D eigenvalue weighted by atomic mass is 79.9. The first-order valence-corrected chi connectivity index (χ1v) is 12.2. The first kappa shape index (κ1) is 28.2. The summed E-state index contributed by atoms with van der Waals surface area (Å²) in [6.07, 6.45) is -3.36. The van der Waals surface area contributed by atoms with Gasteiger partial charge in [0.15, 0.2) is 0 Å². The van der Waals surface area contributed by atoms with Gasteiger partial charge in [-0.15, -0.1) is 0 Å². The van der Waals surface area contributed by atoms with Crippen LogP contribution in [0.2, 0.25) is 0 Å². The molecule has 2 aromatic rings. The number of nitro benzene ring substituents is 1. The second-order valence-corrected chi connectivity index (χ2v) is 9.61. The van der Waals surface area contributed by atoms with Crippen LogP contribution in [0.5, 0.6) is 11.5 Å².